The van der Waals surface area contributed by atoms with Crippen molar-refractivity contribution in [1.82, 2.24) is 15.5 Å². The Morgan fingerprint density at radius 3 is 2.57 bits per heavy atom. The lowest BCUT2D eigenvalue weighted by Gasteiger charge is -2.34. The second-order valence-electron chi connectivity index (χ2n) is 8.18. The van der Waals surface area contributed by atoms with Gasteiger partial charge in [0, 0.05) is 36.7 Å². The summed E-state index contributed by atoms with van der Waals surface area (Å²) in [6.45, 7) is 4.41. The molecule has 0 bridgehead atoms. The number of piperidine rings is 2. The van der Waals surface area contributed by atoms with E-state index in [0.717, 1.165) is 48.6 Å². The highest BCUT2D eigenvalue weighted by Gasteiger charge is 2.30. The molecular weight excluding hydrogens is 350 g/mol. The first-order valence-corrected chi connectivity index (χ1v) is 10.4. The quantitative estimate of drug-likeness (QED) is 0.862. The van der Waals surface area contributed by atoms with Crippen LogP contribution in [0.4, 0.5) is 0 Å². The van der Waals surface area contributed by atoms with Crippen LogP contribution in [0.25, 0.3) is 10.8 Å². The second-order valence-corrected chi connectivity index (χ2v) is 8.18. The number of hydrogen-bond acceptors (Lipinski definition) is 3. The molecule has 148 valence electrons. The molecule has 4 rings (SSSR count). The maximum absolute atomic E-state index is 13.1. The minimum Gasteiger partial charge on any atom is -0.353 e. The van der Waals surface area contributed by atoms with E-state index >= 15 is 0 Å². The molecular formula is C23H29N3O2. The van der Waals surface area contributed by atoms with Crippen molar-refractivity contribution in [3.8, 4) is 0 Å². The standard InChI is InChI=1S/C23H29N3O2/c1-16-15-19(9-12-24-16)25-22(27)18-10-13-26(14-11-18)23(28)21-8-4-6-17-5-2-3-7-20(17)21/h2-8,16,18-19,24H,9-15H2,1H3,(H,25,27). The monoisotopic (exact) mass is 379 g/mol. The summed E-state index contributed by atoms with van der Waals surface area (Å²) in [5.41, 5.74) is 0.754. The summed E-state index contributed by atoms with van der Waals surface area (Å²) >= 11 is 0. The Labute approximate surface area is 166 Å². The molecule has 2 saturated heterocycles. The van der Waals surface area contributed by atoms with Crippen LogP contribution in [0.5, 0.6) is 0 Å². The number of rotatable bonds is 3. The van der Waals surface area contributed by atoms with Gasteiger partial charge in [0.15, 0.2) is 0 Å². The lowest BCUT2D eigenvalue weighted by Crippen LogP contribution is -2.49. The van der Waals surface area contributed by atoms with Gasteiger partial charge in [0.2, 0.25) is 5.91 Å². The van der Waals surface area contributed by atoms with Gasteiger partial charge in [-0.25, -0.2) is 0 Å². The van der Waals surface area contributed by atoms with Gasteiger partial charge in [-0.2, -0.15) is 0 Å². The number of nitrogens with zero attached hydrogens (tertiary/aromatic N) is 1. The maximum atomic E-state index is 13.1. The third-order valence-electron chi connectivity index (χ3n) is 6.14. The lowest BCUT2D eigenvalue weighted by atomic mass is 9.93. The zero-order chi connectivity index (χ0) is 19.5. The predicted molar refractivity (Wildman–Crippen MR) is 111 cm³/mol. The predicted octanol–water partition coefficient (Wildman–Crippen LogP) is 2.95. The molecule has 28 heavy (non-hydrogen) atoms. The normalized spacial score (nSPS) is 23.5. The fourth-order valence-corrected chi connectivity index (χ4v) is 4.51. The Hall–Kier alpha value is -2.40. The van der Waals surface area contributed by atoms with E-state index in [-0.39, 0.29) is 23.8 Å². The summed E-state index contributed by atoms with van der Waals surface area (Å²) in [6.07, 6.45) is 3.46. The van der Waals surface area contributed by atoms with Gasteiger partial charge in [0.25, 0.3) is 5.91 Å². The van der Waals surface area contributed by atoms with Gasteiger partial charge >= 0.3 is 0 Å². The summed E-state index contributed by atoms with van der Waals surface area (Å²) in [7, 11) is 0. The summed E-state index contributed by atoms with van der Waals surface area (Å²) in [5.74, 6) is 0.251. The molecule has 2 heterocycles. The van der Waals surface area contributed by atoms with Crippen LogP contribution in [-0.2, 0) is 4.79 Å². The molecule has 2 N–H and O–H groups in total. The van der Waals surface area contributed by atoms with Crippen molar-refractivity contribution in [2.24, 2.45) is 5.92 Å². The van der Waals surface area contributed by atoms with Crippen molar-refractivity contribution in [1.29, 1.82) is 0 Å². The van der Waals surface area contributed by atoms with Crippen molar-refractivity contribution < 1.29 is 9.59 Å². The molecule has 2 fully saturated rings. The van der Waals surface area contributed by atoms with Crippen LogP contribution in [0, 0.1) is 5.92 Å². The average molecular weight is 380 g/mol. The highest BCUT2D eigenvalue weighted by molar-refractivity contribution is 6.07. The highest BCUT2D eigenvalue weighted by Crippen LogP contribution is 2.24. The van der Waals surface area contributed by atoms with Gasteiger partial charge in [-0.15, -0.1) is 0 Å². The van der Waals surface area contributed by atoms with Crippen LogP contribution in [0.15, 0.2) is 42.5 Å². The Kier molecular flexibility index (Phi) is 5.62. The van der Waals surface area contributed by atoms with Crippen LogP contribution in [0.1, 0.15) is 43.0 Å². The van der Waals surface area contributed by atoms with Crippen LogP contribution in [-0.4, -0.2) is 48.4 Å². The first-order valence-electron chi connectivity index (χ1n) is 10.4. The largest absolute Gasteiger partial charge is 0.353 e. The third kappa shape index (κ3) is 4.04. The summed E-state index contributed by atoms with van der Waals surface area (Å²) in [5, 5.41) is 8.73. The molecule has 2 atom stereocenters. The third-order valence-corrected chi connectivity index (χ3v) is 6.14. The van der Waals surface area contributed by atoms with Crippen molar-refractivity contribution in [2.75, 3.05) is 19.6 Å². The molecule has 2 aromatic rings. The zero-order valence-electron chi connectivity index (χ0n) is 16.5. The summed E-state index contributed by atoms with van der Waals surface area (Å²) < 4.78 is 0. The summed E-state index contributed by atoms with van der Waals surface area (Å²) in [4.78, 5) is 27.6. The van der Waals surface area contributed by atoms with E-state index in [0.29, 0.717) is 19.1 Å². The topological polar surface area (TPSA) is 61.4 Å². The fourth-order valence-electron chi connectivity index (χ4n) is 4.51. The Morgan fingerprint density at radius 1 is 1.04 bits per heavy atom. The average Bonchev–Trinajstić information content (AvgIpc) is 2.73. The van der Waals surface area contributed by atoms with Gasteiger partial charge in [-0.3, -0.25) is 9.59 Å². The minimum atomic E-state index is 0.0155. The first-order chi connectivity index (χ1) is 13.6. The van der Waals surface area contributed by atoms with Gasteiger partial charge < -0.3 is 15.5 Å². The van der Waals surface area contributed by atoms with Crippen LogP contribution in [0.2, 0.25) is 0 Å². The van der Waals surface area contributed by atoms with Gasteiger partial charge in [0.1, 0.15) is 0 Å². The molecule has 2 amide bonds. The summed E-state index contributed by atoms with van der Waals surface area (Å²) in [6, 6.07) is 14.6. The van der Waals surface area contributed by atoms with Crippen molar-refractivity contribution in [2.45, 2.75) is 44.7 Å². The molecule has 2 aromatic carbocycles. The molecule has 0 aliphatic carbocycles. The number of fused-ring (bicyclic) bond motifs is 1. The molecule has 2 unspecified atom stereocenters. The molecule has 2 aliphatic heterocycles. The molecule has 0 aromatic heterocycles. The highest BCUT2D eigenvalue weighted by atomic mass is 16.2. The SMILES string of the molecule is CC1CC(NC(=O)C2CCN(C(=O)c3cccc4ccccc34)CC2)CCN1. The van der Waals surface area contributed by atoms with E-state index in [1.807, 2.05) is 47.4 Å². The molecule has 2 aliphatic rings. The number of likely N-dealkylation sites (tertiary alicyclic amines) is 1. The van der Waals surface area contributed by atoms with E-state index in [1.165, 1.54) is 0 Å². The van der Waals surface area contributed by atoms with Crippen LogP contribution >= 0.6 is 0 Å². The van der Waals surface area contributed by atoms with Crippen molar-refractivity contribution in [3.63, 3.8) is 0 Å². The van der Waals surface area contributed by atoms with E-state index in [1.54, 1.807) is 0 Å². The Balaban J connectivity index is 1.36. The van der Waals surface area contributed by atoms with E-state index in [4.69, 9.17) is 0 Å². The van der Waals surface area contributed by atoms with E-state index in [2.05, 4.69) is 17.6 Å². The Morgan fingerprint density at radius 2 is 1.79 bits per heavy atom. The minimum absolute atomic E-state index is 0.0155. The van der Waals surface area contributed by atoms with Gasteiger partial charge in [0.05, 0.1) is 0 Å². The molecule has 5 nitrogen and oxygen atoms in total. The molecule has 0 saturated carbocycles. The van der Waals surface area contributed by atoms with E-state index < -0.39 is 0 Å². The van der Waals surface area contributed by atoms with Gasteiger partial charge in [-0.1, -0.05) is 36.4 Å². The molecule has 0 radical (unpaired) electrons. The van der Waals surface area contributed by atoms with Crippen LogP contribution in [0.3, 0.4) is 0 Å². The Bertz CT molecular complexity index is 853. The van der Waals surface area contributed by atoms with Crippen LogP contribution < -0.4 is 10.6 Å². The smallest absolute Gasteiger partial charge is 0.254 e. The number of amides is 2. The maximum Gasteiger partial charge on any atom is 0.254 e. The number of carbonyl (C=O) groups excluding carboxylic acids is 2. The second kappa shape index (κ2) is 8.31. The van der Waals surface area contributed by atoms with E-state index in [9.17, 15) is 9.59 Å². The first kappa shape index (κ1) is 18.9. The molecule has 5 heteroatoms. The molecule has 0 spiro atoms. The van der Waals surface area contributed by atoms with Crippen molar-refractivity contribution >= 4 is 22.6 Å². The number of nitrogens with one attached hydrogen (secondary N) is 2. The lowest BCUT2D eigenvalue weighted by molar-refractivity contribution is -0.127. The number of hydrogen-bond donors (Lipinski definition) is 2. The number of carbonyl (C=O) groups is 2. The van der Waals surface area contributed by atoms with Crippen molar-refractivity contribution in [3.05, 3.63) is 48.0 Å². The zero-order valence-corrected chi connectivity index (χ0v) is 16.5. The number of benzene rings is 2. The fraction of sp³-hybridized carbons (Fsp3) is 0.478. The van der Waals surface area contributed by atoms with Gasteiger partial charge in [-0.05, 0) is 56.0 Å².